The van der Waals surface area contributed by atoms with E-state index in [1.54, 1.807) is 25.2 Å². The van der Waals surface area contributed by atoms with Gasteiger partial charge in [-0.3, -0.25) is 4.84 Å². The van der Waals surface area contributed by atoms with Gasteiger partial charge >= 0.3 is 5.97 Å². The molecule has 0 bridgehead atoms. The first-order valence-electron chi connectivity index (χ1n) is 15.1. The lowest BCUT2D eigenvalue weighted by Crippen LogP contribution is -2.65. The fourth-order valence-corrected chi connectivity index (χ4v) is 10.3. The van der Waals surface area contributed by atoms with E-state index in [4.69, 9.17) is 14.3 Å². The molecule has 39 heavy (non-hydrogen) atoms. The second kappa shape index (κ2) is 9.75. The van der Waals surface area contributed by atoms with Crippen molar-refractivity contribution in [2.75, 3.05) is 13.7 Å². The van der Waals surface area contributed by atoms with Crippen LogP contribution in [0.2, 0.25) is 0 Å². The van der Waals surface area contributed by atoms with Crippen LogP contribution in [0.4, 0.5) is 0 Å². The minimum Gasteiger partial charge on any atom is -0.458 e. The van der Waals surface area contributed by atoms with Gasteiger partial charge in [-0.2, -0.15) is 5.06 Å². The van der Waals surface area contributed by atoms with Crippen LogP contribution < -0.4 is 0 Å². The van der Waals surface area contributed by atoms with Crippen LogP contribution in [0.25, 0.3) is 0 Å². The van der Waals surface area contributed by atoms with E-state index in [0.29, 0.717) is 18.4 Å². The summed E-state index contributed by atoms with van der Waals surface area (Å²) in [6.07, 6.45) is 5.02. The predicted molar refractivity (Wildman–Crippen MR) is 141 cm³/mol. The Bertz CT molecular complexity index is 1010. The highest BCUT2D eigenvalue weighted by atomic mass is 16.7. The van der Waals surface area contributed by atoms with Gasteiger partial charge in [0.1, 0.15) is 24.9 Å². The van der Waals surface area contributed by atoms with E-state index in [9.17, 15) is 25.2 Å². The SMILES string of the molecule is CON(C1O[C@H](C)[C@@H](O)[C@H](O)[C@H]1O)[C@H]1CC[C@@]2(C)C(CCC3C2CC[C@]2(C)[C@@H](C4=CC(=O)OC4)CC[C@]32O)C1. The lowest BCUT2D eigenvalue weighted by molar-refractivity contribution is -0.340. The molecule has 4 unspecified atom stereocenters. The van der Waals surface area contributed by atoms with Gasteiger partial charge in [0.05, 0.1) is 18.8 Å². The molecular weight excluding hydrogens is 502 g/mol. The normalized spacial score (nSPS) is 53.6. The van der Waals surface area contributed by atoms with Crippen LogP contribution in [0.1, 0.15) is 78.6 Å². The number of esters is 1. The largest absolute Gasteiger partial charge is 0.458 e. The van der Waals surface area contributed by atoms with Crippen molar-refractivity contribution in [1.82, 2.24) is 5.06 Å². The Hall–Kier alpha value is -1.07. The molecule has 0 amide bonds. The van der Waals surface area contributed by atoms with E-state index in [0.717, 1.165) is 63.4 Å². The number of aliphatic hydroxyl groups excluding tert-OH is 3. The molecule has 0 aromatic rings. The fraction of sp³-hybridized carbons (Fsp3) is 0.900. The molecular formula is C30H47NO8. The summed E-state index contributed by atoms with van der Waals surface area (Å²) in [5, 5.41) is 45.4. The highest BCUT2D eigenvalue weighted by molar-refractivity contribution is 5.85. The second-order valence-corrected chi connectivity index (χ2v) is 14.0. The van der Waals surface area contributed by atoms with Crippen molar-refractivity contribution < 1.29 is 39.5 Å². The standard InChI is InChI=1S/C30H47NO8/c1-16-24(33)25(34)26(35)27(39-16)31(37-4)19-7-10-28(2)18(14-19)5-6-22-21(28)8-11-29(3)20(9-12-30(22,29)36)17-13-23(32)38-15-17/h13,16,18-22,24-27,33-36H,5-12,14-15H2,1-4H3/t16-,18?,19+,20-,21?,22?,24-,25+,26-,27?,28+,29-,30+/m1/s1. The van der Waals surface area contributed by atoms with Crippen LogP contribution in [0.5, 0.6) is 0 Å². The molecule has 13 atom stereocenters. The maximum atomic E-state index is 12.4. The van der Waals surface area contributed by atoms with Crippen LogP contribution >= 0.6 is 0 Å². The molecule has 2 heterocycles. The number of nitrogens with zero attached hydrogens (tertiary/aromatic N) is 1. The summed E-state index contributed by atoms with van der Waals surface area (Å²) >= 11 is 0. The molecule has 4 N–H and O–H groups in total. The van der Waals surface area contributed by atoms with Gasteiger partial charge in [-0.1, -0.05) is 13.8 Å². The van der Waals surface area contributed by atoms with Gasteiger partial charge in [0, 0.05) is 17.5 Å². The van der Waals surface area contributed by atoms with Crippen molar-refractivity contribution >= 4 is 5.97 Å². The highest BCUT2D eigenvalue weighted by Crippen LogP contribution is 2.70. The molecule has 0 radical (unpaired) electrons. The summed E-state index contributed by atoms with van der Waals surface area (Å²) in [5.74, 6) is 1.09. The van der Waals surface area contributed by atoms with Crippen molar-refractivity contribution in [3.05, 3.63) is 11.6 Å². The molecule has 4 saturated carbocycles. The smallest absolute Gasteiger partial charge is 0.331 e. The maximum Gasteiger partial charge on any atom is 0.331 e. The average molecular weight is 550 g/mol. The summed E-state index contributed by atoms with van der Waals surface area (Å²) in [4.78, 5) is 17.6. The summed E-state index contributed by atoms with van der Waals surface area (Å²) in [6.45, 7) is 6.76. The lowest BCUT2D eigenvalue weighted by atomic mass is 9.43. The van der Waals surface area contributed by atoms with Crippen LogP contribution in [0.3, 0.4) is 0 Å². The molecule has 4 aliphatic carbocycles. The molecule has 9 heteroatoms. The van der Waals surface area contributed by atoms with Gasteiger partial charge < -0.3 is 29.9 Å². The van der Waals surface area contributed by atoms with Crippen molar-refractivity contribution in [1.29, 1.82) is 0 Å². The molecule has 2 aliphatic heterocycles. The number of hydrogen-bond acceptors (Lipinski definition) is 9. The van der Waals surface area contributed by atoms with Crippen LogP contribution in [0.15, 0.2) is 11.6 Å². The summed E-state index contributed by atoms with van der Waals surface area (Å²) < 4.78 is 11.2. The lowest BCUT2D eigenvalue weighted by Gasteiger charge is -2.64. The Morgan fingerprint density at radius 1 is 0.974 bits per heavy atom. The molecule has 6 aliphatic rings. The van der Waals surface area contributed by atoms with Crippen LogP contribution in [0, 0.1) is 34.5 Å². The predicted octanol–water partition coefficient (Wildman–Crippen LogP) is 2.30. The zero-order valence-electron chi connectivity index (χ0n) is 23.8. The summed E-state index contributed by atoms with van der Waals surface area (Å²) in [7, 11) is 1.58. The molecule has 0 aromatic heterocycles. The number of aliphatic hydroxyl groups is 4. The van der Waals surface area contributed by atoms with Crippen LogP contribution in [-0.2, 0) is 19.1 Å². The maximum absolute atomic E-state index is 12.4. The second-order valence-electron chi connectivity index (χ2n) is 14.0. The number of carbonyl (C=O) groups excluding carboxylic acids is 1. The Balaban J connectivity index is 1.19. The molecule has 5 fully saturated rings. The molecule has 220 valence electrons. The third-order valence-electron chi connectivity index (χ3n) is 12.6. The molecule has 9 nitrogen and oxygen atoms in total. The number of hydrogen-bond donors (Lipinski definition) is 4. The summed E-state index contributed by atoms with van der Waals surface area (Å²) in [6, 6.07) is 0.0264. The topological polar surface area (TPSA) is 129 Å². The first kappa shape index (κ1) is 28.1. The quantitative estimate of drug-likeness (QED) is 0.308. The Morgan fingerprint density at radius 2 is 1.74 bits per heavy atom. The van der Waals surface area contributed by atoms with Crippen molar-refractivity contribution in [3.8, 4) is 0 Å². The van der Waals surface area contributed by atoms with Gasteiger partial charge in [0.15, 0.2) is 6.23 Å². The zero-order chi connectivity index (χ0) is 27.9. The van der Waals surface area contributed by atoms with E-state index in [1.807, 2.05) is 0 Å². The number of ether oxygens (including phenoxy) is 2. The van der Waals surface area contributed by atoms with Gasteiger partial charge in [0.2, 0.25) is 0 Å². The van der Waals surface area contributed by atoms with E-state index >= 15 is 0 Å². The molecule has 0 spiro atoms. The number of cyclic esters (lactones) is 1. The molecule has 6 rings (SSSR count). The van der Waals surface area contributed by atoms with Gasteiger partial charge in [0.25, 0.3) is 0 Å². The number of fused-ring (bicyclic) bond motifs is 5. The van der Waals surface area contributed by atoms with Gasteiger partial charge in [-0.25, -0.2) is 4.79 Å². The van der Waals surface area contributed by atoms with E-state index < -0.39 is 36.2 Å². The van der Waals surface area contributed by atoms with E-state index in [2.05, 4.69) is 13.8 Å². The van der Waals surface area contributed by atoms with Crippen molar-refractivity contribution in [2.45, 2.75) is 121 Å². The molecule has 1 saturated heterocycles. The van der Waals surface area contributed by atoms with E-state index in [1.165, 1.54) is 0 Å². The first-order chi connectivity index (χ1) is 18.4. The minimum atomic E-state index is -1.29. The van der Waals surface area contributed by atoms with Crippen molar-refractivity contribution in [3.63, 3.8) is 0 Å². The highest BCUT2D eigenvalue weighted by Gasteiger charge is 2.68. The minimum absolute atomic E-state index is 0.0264. The Labute approximate surface area is 231 Å². The monoisotopic (exact) mass is 549 g/mol. The number of hydroxylamine groups is 2. The van der Waals surface area contributed by atoms with Gasteiger partial charge in [-0.15, -0.1) is 0 Å². The van der Waals surface area contributed by atoms with Crippen LogP contribution in [-0.4, -0.2) is 87.5 Å². The van der Waals surface area contributed by atoms with E-state index in [-0.39, 0.29) is 34.7 Å². The number of rotatable bonds is 4. The first-order valence-corrected chi connectivity index (χ1v) is 15.1. The summed E-state index contributed by atoms with van der Waals surface area (Å²) in [5.41, 5.74) is 0.201. The van der Waals surface area contributed by atoms with Crippen molar-refractivity contribution in [2.24, 2.45) is 34.5 Å². The Morgan fingerprint density at radius 3 is 2.44 bits per heavy atom. The number of carbonyl (C=O) groups is 1. The third-order valence-corrected chi connectivity index (χ3v) is 12.6. The Kier molecular flexibility index (Phi) is 7.02. The fourth-order valence-electron chi connectivity index (χ4n) is 10.3. The molecule has 0 aromatic carbocycles. The zero-order valence-corrected chi connectivity index (χ0v) is 23.8. The average Bonchev–Trinajstić information content (AvgIpc) is 3.45. The van der Waals surface area contributed by atoms with Gasteiger partial charge in [-0.05, 0) is 99.4 Å². The third kappa shape index (κ3) is 4.02.